The van der Waals surface area contributed by atoms with E-state index in [2.05, 4.69) is 50.3 Å². The number of rotatable bonds is 50. The van der Waals surface area contributed by atoms with Crippen LogP contribution in [-0.2, 0) is 19.1 Å². The Hall–Kier alpha value is -1.88. The predicted octanol–water partition coefficient (Wildman–Crippen LogP) is 17.9. The van der Waals surface area contributed by atoms with Crippen molar-refractivity contribution < 1.29 is 24.2 Å². The van der Waals surface area contributed by atoms with E-state index in [1.165, 1.54) is 212 Å². The van der Waals surface area contributed by atoms with Gasteiger partial charge >= 0.3 is 11.9 Å². The maximum Gasteiger partial charge on any atom is 0.306 e. The van der Waals surface area contributed by atoms with E-state index in [0.717, 1.165) is 51.4 Å². The lowest BCUT2D eigenvalue weighted by molar-refractivity contribution is -0.161. The molecular formula is C56H104O5. The largest absolute Gasteiger partial charge is 0.462 e. The SMILES string of the molecule is CCCCCCC/C=C\C/C=C\C/C=C\CCCCCCCCCCCCCCCCCCCCCCCCC(=O)OC(CO)COC(=O)CCCCCCCCCCCC. The highest BCUT2D eigenvalue weighted by Gasteiger charge is 2.16. The Morgan fingerprint density at radius 1 is 0.377 bits per heavy atom. The van der Waals surface area contributed by atoms with Gasteiger partial charge in [0.1, 0.15) is 6.61 Å². The first-order chi connectivity index (χ1) is 30.1. The van der Waals surface area contributed by atoms with Crippen molar-refractivity contribution in [2.75, 3.05) is 13.2 Å². The molecule has 5 nitrogen and oxygen atoms in total. The van der Waals surface area contributed by atoms with Crippen LogP contribution >= 0.6 is 0 Å². The number of hydrogen-bond acceptors (Lipinski definition) is 5. The molecule has 0 fully saturated rings. The van der Waals surface area contributed by atoms with E-state index in [1.54, 1.807) is 0 Å². The van der Waals surface area contributed by atoms with Crippen molar-refractivity contribution in [2.45, 2.75) is 296 Å². The number of unbranched alkanes of at least 4 members (excludes halogenated alkanes) is 36. The van der Waals surface area contributed by atoms with Crippen molar-refractivity contribution in [3.05, 3.63) is 36.5 Å². The van der Waals surface area contributed by atoms with Gasteiger partial charge in [0.05, 0.1) is 6.61 Å². The van der Waals surface area contributed by atoms with Gasteiger partial charge in [-0.15, -0.1) is 0 Å². The van der Waals surface area contributed by atoms with E-state index in [0.29, 0.717) is 12.8 Å². The molecule has 0 spiro atoms. The Morgan fingerprint density at radius 3 is 0.984 bits per heavy atom. The van der Waals surface area contributed by atoms with Crippen molar-refractivity contribution in [2.24, 2.45) is 0 Å². The Bertz CT molecular complexity index is 970. The summed E-state index contributed by atoms with van der Waals surface area (Å²) in [4.78, 5) is 24.3. The second-order valence-corrected chi connectivity index (χ2v) is 18.3. The average molecular weight is 857 g/mol. The molecule has 0 amide bonds. The van der Waals surface area contributed by atoms with Gasteiger partial charge in [0.15, 0.2) is 6.10 Å². The van der Waals surface area contributed by atoms with Crippen LogP contribution in [0.2, 0.25) is 0 Å². The van der Waals surface area contributed by atoms with Crippen molar-refractivity contribution in [1.29, 1.82) is 0 Å². The van der Waals surface area contributed by atoms with Gasteiger partial charge in [0.25, 0.3) is 0 Å². The smallest absolute Gasteiger partial charge is 0.306 e. The summed E-state index contributed by atoms with van der Waals surface area (Å²) >= 11 is 0. The second kappa shape index (κ2) is 52.5. The van der Waals surface area contributed by atoms with Gasteiger partial charge in [-0.05, 0) is 51.4 Å². The summed E-state index contributed by atoms with van der Waals surface area (Å²) in [7, 11) is 0. The number of carbonyl (C=O) groups excluding carboxylic acids is 2. The highest BCUT2D eigenvalue weighted by molar-refractivity contribution is 5.70. The van der Waals surface area contributed by atoms with Crippen LogP contribution < -0.4 is 0 Å². The minimum Gasteiger partial charge on any atom is -0.462 e. The summed E-state index contributed by atoms with van der Waals surface area (Å²) in [5, 5.41) is 9.58. The number of hydrogen-bond donors (Lipinski definition) is 1. The van der Waals surface area contributed by atoms with Gasteiger partial charge in [-0.25, -0.2) is 0 Å². The van der Waals surface area contributed by atoms with Gasteiger partial charge in [-0.3, -0.25) is 9.59 Å². The standard InChI is InChI=1S/C56H104O5/c1-3-5-7-9-11-13-15-16-17-18-19-20-21-22-23-24-25-26-27-28-29-30-31-32-33-34-35-36-37-38-39-40-41-43-45-47-49-51-56(59)61-54(52-57)53-60-55(58)50-48-46-44-42-14-12-10-8-6-4-2/h15-16,18-19,21-22,54,57H,3-14,17,20,23-53H2,1-2H3/b16-15-,19-18-,22-21-. The molecule has 1 unspecified atom stereocenters. The average Bonchev–Trinajstić information content (AvgIpc) is 3.26. The molecule has 1 N–H and O–H groups in total. The Kier molecular flexibility index (Phi) is 50.8. The quantitative estimate of drug-likeness (QED) is 0.0375. The van der Waals surface area contributed by atoms with Gasteiger partial charge in [0.2, 0.25) is 0 Å². The Labute approximate surface area is 380 Å². The fourth-order valence-corrected chi connectivity index (χ4v) is 8.09. The Balaban J connectivity index is 3.37. The lowest BCUT2D eigenvalue weighted by atomic mass is 10.0. The van der Waals surface area contributed by atoms with E-state index in [9.17, 15) is 14.7 Å². The lowest BCUT2D eigenvalue weighted by Gasteiger charge is -2.15. The zero-order valence-electron chi connectivity index (χ0n) is 40.9. The maximum atomic E-state index is 12.2. The molecule has 1 atom stereocenters. The normalized spacial score (nSPS) is 12.4. The monoisotopic (exact) mass is 857 g/mol. The van der Waals surface area contributed by atoms with E-state index in [4.69, 9.17) is 9.47 Å². The van der Waals surface area contributed by atoms with Crippen LogP contribution in [0.5, 0.6) is 0 Å². The minimum atomic E-state index is -0.765. The molecule has 5 heteroatoms. The molecule has 0 aliphatic carbocycles. The highest BCUT2D eigenvalue weighted by atomic mass is 16.6. The molecule has 0 aliphatic rings. The van der Waals surface area contributed by atoms with Crippen LogP contribution in [0.15, 0.2) is 36.5 Å². The van der Waals surface area contributed by atoms with Crippen LogP contribution in [0.1, 0.15) is 290 Å². The third kappa shape index (κ3) is 50.6. The number of allylic oxidation sites excluding steroid dienone is 6. The molecular weight excluding hydrogens is 753 g/mol. The summed E-state index contributed by atoms with van der Waals surface area (Å²) in [6.07, 6.45) is 67.1. The van der Waals surface area contributed by atoms with Gasteiger partial charge in [-0.2, -0.15) is 0 Å². The molecule has 0 radical (unpaired) electrons. The zero-order valence-corrected chi connectivity index (χ0v) is 40.9. The van der Waals surface area contributed by atoms with Crippen LogP contribution in [0, 0.1) is 0 Å². The van der Waals surface area contributed by atoms with E-state index >= 15 is 0 Å². The number of carbonyl (C=O) groups is 2. The van der Waals surface area contributed by atoms with E-state index in [1.807, 2.05) is 0 Å². The highest BCUT2D eigenvalue weighted by Crippen LogP contribution is 2.17. The topological polar surface area (TPSA) is 72.8 Å². The third-order valence-electron chi connectivity index (χ3n) is 12.2. The predicted molar refractivity (Wildman–Crippen MR) is 265 cm³/mol. The number of aliphatic hydroxyl groups excluding tert-OH is 1. The van der Waals surface area contributed by atoms with Gasteiger partial charge in [0, 0.05) is 12.8 Å². The fourth-order valence-electron chi connectivity index (χ4n) is 8.09. The van der Waals surface area contributed by atoms with Crippen LogP contribution in [0.25, 0.3) is 0 Å². The fraction of sp³-hybridized carbons (Fsp3) is 0.857. The zero-order chi connectivity index (χ0) is 44.2. The molecule has 61 heavy (non-hydrogen) atoms. The van der Waals surface area contributed by atoms with Crippen molar-refractivity contribution in [3.63, 3.8) is 0 Å². The van der Waals surface area contributed by atoms with Crippen molar-refractivity contribution in [3.8, 4) is 0 Å². The molecule has 0 heterocycles. The molecule has 0 aromatic rings. The van der Waals surface area contributed by atoms with Gasteiger partial charge < -0.3 is 14.6 Å². The van der Waals surface area contributed by atoms with E-state index < -0.39 is 6.10 Å². The van der Waals surface area contributed by atoms with Gasteiger partial charge in [-0.1, -0.05) is 262 Å². The molecule has 0 rings (SSSR count). The molecule has 0 saturated carbocycles. The molecule has 0 bridgehead atoms. The minimum absolute atomic E-state index is 0.0599. The maximum absolute atomic E-state index is 12.2. The summed E-state index contributed by atoms with van der Waals surface area (Å²) in [6, 6.07) is 0. The van der Waals surface area contributed by atoms with Crippen LogP contribution in [-0.4, -0.2) is 36.4 Å². The first kappa shape index (κ1) is 59.1. The number of ether oxygens (including phenoxy) is 2. The Morgan fingerprint density at radius 2 is 0.656 bits per heavy atom. The summed E-state index contributed by atoms with van der Waals surface area (Å²) in [5.74, 6) is -0.578. The summed E-state index contributed by atoms with van der Waals surface area (Å²) in [6.45, 7) is 4.14. The van der Waals surface area contributed by atoms with E-state index in [-0.39, 0.29) is 25.2 Å². The molecule has 0 saturated heterocycles. The first-order valence-corrected chi connectivity index (χ1v) is 27.0. The van der Waals surface area contributed by atoms with Crippen LogP contribution in [0.3, 0.4) is 0 Å². The first-order valence-electron chi connectivity index (χ1n) is 27.0. The molecule has 0 aliphatic heterocycles. The van der Waals surface area contributed by atoms with Crippen molar-refractivity contribution in [1.82, 2.24) is 0 Å². The molecule has 0 aromatic heterocycles. The van der Waals surface area contributed by atoms with Crippen molar-refractivity contribution >= 4 is 11.9 Å². The molecule has 0 aromatic carbocycles. The molecule has 358 valence electrons. The third-order valence-corrected chi connectivity index (χ3v) is 12.2. The number of esters is 2. The summed E-state index contributed by atoms with van der Waals surface area (Å²) < 4.78 is 10.6. The van der Waals surface area contributed by atoms with Crippen LogP contribution in [0.4, 0.5) is 0 Å². The summed E-state index contributed by atoms with van der Waals surface area (Å²) in [5.41, 5.74) is 0. The lowest BCUT2D eigenvalue weighted by Crippen LogP contribution is -2.28. The number of aliphatic hydroxyl groups is 1. The second-order valence-electron chi connectivity index (χ2n) is 18.3.